The summed E-state index contributed by atoms with van der Waals surface area (Å²) >= 11 is 0. The summed E-state index contributed by atoms with van der Waals surface area (Å²) in [6.07, 6.45) is 1.42. The van der Waals surface area contributed by atoms with Crippen LogP contribution in [-0.4, -0.2) is 17.0 Å². The van der Waals surface area contributed by atoms with Gasteiger partial charge in [0, 0.05) is 12.2 Å². The Morgan fingerprint density at radius 2 is 1.91 bits per heavy atom. The van der Waals surface area contributed by atoms with Crippen LogP contribution in [0, 0.1) is 0 Å². The fourth-order valence-electron chi connectivity index (χ4n) is 0.555. The second-order valence-corrected chi connectivity index (χ2v) is 2.02. The van der Waals surface area contributed by atoms with E-state index < -0.39 is 6.03 Å². The number of amides is 2. The average Bonchev–Trinajstić information content (AvgIpc) is 1.91. The van der Waals surface area contributed by atoms with E-state index in [4.69, 9.17) is 5.73 Å². The molecule has 0 aliphatic heterocycles. The van der Waals surface area contributed by atoms with Gasteiger partial charge in [0.1, 0.15) is 0 Å². The number of nitrogens with two attached hydrogens (primary N) is 1. The maximum atomic E-state index is 10.4. The van der Waals surface area contributed by atoms with Gasteiger partial charge >= 0.3 is 6.03 Å². The van der Waals surface area contributed by atoms with Gasteiger partial charge in [0.2, 0.25) is 0 Å². The SMILES string of the molecule is C=CN(C(N)=O)C(C)C.CC. The molecular weight excluding hydrogens is 140 g/mol. The van der Waals surface area contributed by atoms with Gasteiger partial charge < -0.3 is 5.73 Å². The topological polar surface area (TPSA) is 46.3 Å². The van der Waals surface area contributed by atoms with Gasteiger partial charge in [-0.05, 0) is 13.8 Å². The summed E-state index contributed by atoms with van der Waals surface area (Å²) in [5.74, 6) is 0. The van der Waals surface area contributed by atoms with Crippen LogP contribution < -0.4 is 5.73 Å². The predicted octanol–water partition coefficient (Wildman–Crippen LogP) is 1.95. The smallest absolute Gasteiger partial charge is 0.319 e. The minimum Gasteiger partial charge on any atom is -0.351 e. The zero-order valence-electron chi connectivity index (χ0n) is 7.79. The number of nitrogens with zero attached hydrogens (tertiary/aromatic N) is 1. The van der Waals surface area contributed by atoms with Gasteiger partial charge in [-0.1, -0.05) is 20.4 Å². The van der Waals surface area contributed by atoms with Crippen LogP contribution in [0.3, 0.4) is 0 Å². The maximum Gasteiger partial charge on any atom is 0.319 e. The third kappa shape index (κ3) is 5.45. The molecule has 0 aromatic heterocycles. The number of rotatable bonds is 2. The van der Waals surface area contributed by atoms with Crippen molar-refractivity contribution in [2.75, 3.05) is 0 Å². The number of hydrogen-bond acceptors (Lipinski definition) is 1. The van der Waals surface area contributed by atoms with E-state index in [1.165, 1.54) is 11.1 Å². The lowest BCUT2D eigenvalue weighted by atomic mass is 10.3. The number of hydrogen-bond donors (Lipinski definition) is 1. The molecule has 0 aromatic carbocycles. The van der Waals surface area contributed by atoms with Crippen LogP contribution >= 0.6 is 0 Å². The highest BCUT2D eigenvalue weighted by Crippen LogP contribution is 1.95. The van der Waals surface area contributed by atoms with Crippen LogP contribution in [0.2, 0.25) is 0 Å². The number of urea groups is 1. The van der Waals surface area contributed by atoms with Crippen molar-refractivity contribution < 1.29 is 4.79 Å². The molecule has 0 unspecified atom stereocenters. The van der Waals surface area contributed by atoms with Gasteiger partial charge in [0.05, 0.1) is 0 Å². The Bertz CT molecular complexity index is 121. The second-order valence-electron chi connectivity index (χ2n) is 2.02. The monoisotopic (exact) mass is 158 g/mol. The Kier molecular flexibility index (Phi) is 8.20. The van der Waals surface area contributed by atoms with Crippen LogP contribution in [0.1, 0.15) is 27.7 Å². The first kappa shape index (κ1) is 12.7. The zero-order valence-corrected chi connectivity index (χ0v) is 7.79. The molecule has 3 heteroatoms. The molecule has 0 spiro atoms. The lowest BCUT2D eigenvalue weighted by Crippen LogP contribution is -2.36. The van der Waals surface area contributed by atoms with Crippen LogP contribution in [0.25, 0.3) is 0 Å². The van der Waals surface area contributed by atoms with Crippen molar-refractivity contribution >= 4 is 6.03 Å². The largest absolute Gasteiger partial charge is 0.351 e. The Morgan fingerprint density at radius 1 is 1.55 bits per heavy atom. The molecule has 2 N–H and O–H groups in total. The van der Waals surface area contributed by atoms with E-state index in [1.807, 2.05) is 27.7 Å². The molecule has 3 nitrogen and oxygen atoms in total. The molecule has 0 atom stereocenters. The summed E-state index contributed by atoms with van der Waals surface area (Å²) in [6.45, 7) is 11.2. The maximum absolute atomic E-state index is 10.4. The highest BCUT2D eigenvalue weighted by Gasteiger charge is 2.07. The second kappa shape index (κ2) is 7.12. The molecule has 0 saturated carbocycles. The van der Waals surface area contributed by atoms with Crippen LogP contribution in [0.15, 0.2) is 12.8 Å². The van der Waals surface area contributed by atoms with E-state index in [-0.39, 0.29) is 6.04 Å². The summed E-state index contributed by atoms with van der Waals surface area (Å²) in [5.41, 5.74) is 4.96. The number of carbonyl (C=O) groups excluding carboxylic acids is 1. The number of carbonyl (C=O) groups is 1. The molecule has 0 rings (SSSR count). The van der Waals surface area contributed by atoms with Gasteiger partial charge in [-0.25, -0.2) is 4.79 Å². The number of primary amides is 1. The molecule has 0 radical (unpaired) electrons. The van der Waals surface area contributed by atoms with Gasteiger partial charge in [-0.2, -0.15) is 0 Å². The molecule has 0 saturated heterocycles. The molecule has 0 aliphatic rings. The minimum absolute atomic E-state index is 0.0972. The van der Waals surface area contributed by atoms with Gasteiger partial charge in [-0.3, -0.25) is 4.90 Å². The summed E-state index contributed by atoms with van der Waals surface area (Å²) in [5, 5.41) is 0. The zero-order chi connectivity index (χ0) is 9.44. The summed E-state index contributed by atoms with van der Waals surface area (Å²) < 4.78 is 0. The molecule has 11 heavy (non-hydrogen) atoms. The van der Waals surface area contributed by atoms with Crippen molar-refractivity contribution in [2.45, 2.75) is 33.7 Å². The average molecular weight is 158 g/mol. The normalized spacial score (nSPS) is 8.09. The summed E-state index contributed by atoms with van der Waals surface area (Å²) in [6, 6.07) is -0.361. The Balaban J connectivity index is 0. The minimum atomic E-state index is -0.458. The lowest BCUT2D eigenvalue weighted by molar-refractivity contribution is 0.216. The van der Waals surface area contributed by atoms with E-state index in [0.29, 0.717) is 0 Å². The van der Waals surface area contributed by atoms with Crippen molar-refractivity contribution in [2.24, 2.45) is 5.73 Å². The highest BCUT2D eigenvalue weighted by atomic mass is 16.2. The van der Waals surface area contributed by atoms with Crippen molar-refractivity contribution in [3.05, 3.63) is 12.8 Å². The first-order valence-electron chi connectivity index (χ1n) is 3.80. The van der Waals surface area contributed by atoms with E-state index in [1.54, 1.807) is 0 Å². The van der Waals surface area contributed by atoms with Crippen molar-refractivity contribution in [1.29, 1.82) is 0 Å². The van der Waals surface area contributed by atoms with Gasteiger partial charge in [0.15, 0.2) is 0 Å². The predicted molar refractivity (Wildman–Crippen MR) is 48.1 cm³/mol. The fraction of sp³-hybridized carbons (Fsp3) is 0.625. The molecule has 2 amide bonds. The fourth-order valence-corrected chi connectivity index (χ4v) is 0.555. The van der Waals surface area contributed by atoms with Crippen molar-refractivity contribution in [3.8, 4) is 0 Å². The Labute approximate surface area is 68.9 Å². The van der Waals surface area contributed by atoms with E-state index in [2.05, 4.69) is 6.58 Å². The molecular formula is C8H18N2O. The summed E-state index contributed by atoms with van der Waals surface area (Å²) in [7, 11) is 0. The van der Waals surface area contributed by atoms with Gasteiger partial charge in [-0.15, -0.1) is 0 Å². The Morgan fingerprint density at radius 3 is 1.91 bits per heavy atom. The quantitative estimate of drug-likeness (QED) is 0.656. The lowest BCUT2D eigenvalue weighted by Gasteiger charge is -2.18. The van der Waals surface area contributed by atoms with Crippen molar-refractivity contribution in [3.63, 3.8) is 0 Å². The first-order valence-corrected chi connectivity index (χ1v) is 3.80. The Hall–Kier alpha value is -0.990. The summed E-state index contributed by atoms with van der Waals surface area (Å²) in [4.78, 5) is 11.8. The van der Waals surface area contributed by atoms with Gasteiger partial charge in [0.25, 0.3) is 0 Å². The van der Waals surface area contributed by atoms with Crippen molar-refractivity contribution in [1.82, 2.24) is 4.90 Å². The molecule has 0 aliphatic carbocycles. The first-order chi connectivity index (χ1) is 5.09. The third-order valence-corrected chi connectivity index (χ3v) is 1.01. The molecule has 0 fully saturated rings. The van der Waals surface area contributed by atoms with E-state index >= 15 is 0 Å². The molecule has 66 valence electrons. The standard InChI is InChI=1S/C6H12N2O.C2H6/c1-4-8(5(2)3)6(7)9;1-2/h4-5H,1H2,2-3H3,(H2,7,9);1-2H3. The highest BCUT2D eigenvalue weighted by molar-refractivity contribution is 5.73. The van der Waals surface area contributed by atoms with Crippen LogP contribution in [0.4, 0.5) is 4.79 Å². The van der Waals surface area contributed by atoms with Crippen LogP contribution in [-0.2, 0) is 0 Å². The van der Waals surface area contributed by atoms with E-state index in [0.717, 1.165) is 0 Å². The van der Waals surface area contributed by atoms with Crippen LogP contribution in [0.5, 0.6) is 0 Å². The van der Waals surface area contributed by atoms with E-state index in [9.17, 15) is 4.79 Å². The molecule has 0 bridgehead atoms. The molecule has 0 aromatic rings. The third-order valence-electron chi connectivity index (χ3n) is 1.01. The molecule has 0 heterocycles.